The van der Waals surface area contributed by atoms with Gasteiger partial charge in [0.05, 0.1) is 17.9 Å². The highest BCUT2D eigenvalue weighted by molar-refractivity contribution is 6.28. The van der Waals surface area contributed by atoms with Crippen molar-refractivity contribution in [3.8, 4) is 5.75 Å². The van der Waals surface area contributed by atoms with Gasteiger partial charge >= 0.3 is 6.09 Å². The highest BCUT2D eigenvalue weighted by Crippen LogP contribution is 2.19. The molecule has 2 N–H and O–H groups in total. The average molecular weight is 288 g/mol. The molecule has 0 aromatic carbocycles. The Bertz CT molecular complexity index is 425. The van der Waals surface area contributed by atoms with Gasteiger partial charge in [0.2, 0.25) is 5.28 Å². The molecule has 0 aliphatic rings. The number of hydrogen-bond donors (Lipinski definition) is 2. The molecule has 0 bridgehead atoms. The highest BCUT2D eigenvalue weighted by atomic mass is 35.5. The number of aromatic nitrogens is 2. The van der Waals surface area contributed by atoms with Crippen LogP contribution in [0.2, 0.25) is 5.28 Å². The molecule has 1 aromatic rings. The van der Waals surface area contributed by atoms with Crippen LogP contribution in [0.25, 0.3) is 0 Å². The van der Waals surface area contributed by atoms with Gasteiger partial charge in [0.15, 0.2) is 5.75 Å². The minimum Gasteiger partial charge on any atom is -0.488 e. The molecule has 0 saturated carbocycles. The SMILES string of the molecule is CC(C)CC(C)(COc1cnc(Cl)nc1)NC(=O)O. The van der Waals surface area contributed by atoms with Gasteiger partial charge in [-0.2, -0.15) is 0 Å². The van der Waals surface area contributed by atoms with E-state index in [1.165, 1.54) is 12.4 Å². The zero-order valence-electron chi connectivity index (χ0n) is 11.2. The van der Waals surface area contributed by atoms with Crippen molar-refractivity contribution in [3.05, 3.63) is 17.7 Å². The number of rotatable bonds is 6. The summed E-state index contributed by atoms with van der Waals surface area (Å²) in [5.74, 6) is 0.786. The molecule has 19 heavy (non-hydrogen) atoms. The molecule has 6 nitrogen and oxygen atoms in total. The molecular formula is C12H18ClN3O3. The third-order valence-corrected chi connectivity index (χ3v) is 2.62. The Hall–Kier alpha value is -1.56. The van der Waals surface area contributed by atoms with Crippen molar-refractivity contribution in [2.24, 2.45) is 5.92 Å². The van der Waals surface area contributed by atoms with Gasteiger partial charge in [0.1, 0.15) is 6.61 Å². The summed E-state index contributed by atoms with van der Waals surface area (Å²) in [5, 5.41) is 11.5. The molecule has 0 saturated heterocycles. The molecule has 1 heterocycles. The van der Waals surface area contributed by atoms with Crippen molar-refractivity contribution in [2.45, 2.75) is 32.7 Å². The fourth-order valence-corrected chi connectivity index (χ4v) is 2.02. The van der Waals surface area contributed by atoms with Crippen LogP contribution in [0.15, 0.2) is 12.4 Å². The van der Waals surface area contributed by atoms with E-state index in [4.69, 9.17) is 21.4 Å². The van der Waals surface area contributed by atoms with Crippen molar-refractivity contribution < 1.29 is 14.6 Å². The van der Waals surface area contributed by atoms with E-state index in [-0.39, 0.29) is 11.9 Å². The van der Waals surface area contributed by atoms with E-state index >= 15 is 0 Å². The van der Waals surface area contributed by atoms with Crippen LogP contribution < -0.4 is 10.1 Å². The quantitative estimate of drug-likeness (QED) is 0.786. The average Bonchev–Trinajstić information content (AvgIpc) is 2.26. The molecule has 1 unspecified atom stereocenters. The standard InChI is InChI=1S/C12H18ClN3O3/c1-8(2)4-12(3,16-11(17)18)7-19-9-5-14-10(13)15-6-9/h5-6,8,16H,4,7H2,1-3H3,(H,17,18). The van der Waals surface area contributed by atoms with Gasteiger partial charge in [-0.15, -0.1) is 0 Å². The number of nitrogens with one attached hydrogen (secondary N) is 1. The van der Waals surface area contributed by atoms with Crippen LogP contribution in [-0.2, 0) is 0 Å². The molecule has 1 amide bonds. The predicted molar refractivity (Wildman–Crippen MR) is 71.6 cm³/mol. The van der Waals surface area contributed by atoms with Gasteiger partial charge in [-0.05, 0) is 30.9 Å². The van der Waals surface area contributed by atoms with Crippen molar-refractivity contribution >= 4 is 17.7 Å². The molecule has 0 aliphatic heterocycles. The summed E-state index contributed by atoms with van der Waals surface area (Å²) < 4.78 is 5.52. The Morgan fingerprint density at radius 3 is 2.58 bits per heavy atom. The third kappa shape index (κ3) is 5.74. The normalized spacial score (nSPS) is 13.9. The van der Waals surface area contributed by atoms with Gasteiger partial charge in [-0.1, -0.05) is 13.8 Å². The van der Waals surface area contributed by atoms with Crippen LogP contribution >= 0.6 is 11.6 Å². The fraction of sp³-hybridized carbons (Fsp3) is 0.583. The van der Waals surface area contributed by atoms with Gasteiger partial charge in [-0.3, -0.25) is 0 Å². The maximum atomic E-state index is 10.8. The van der Waals surface area contributed by atoms with Crippen molar-refractivity contribution in [2.75, 3.05) is 6.61 Å². The van der Waals surface area contributed by atoms with Gasteiger partial charge in [0.25, 0.3) is 0 Å². The molecule has 0 radical (unpaired) electrons. The predicted octanol–water partition coefficient (Wildman–Crippen LogP) is 2.58. The van der Waals surface area contributed by atoms with Crippen LogP contribution in [0.4, 0.5) is 4.79 Å². The number of carboxylic acid groups (broad SMARTS) is 1. The number of carbonyl (C=O) groups is 1. The first-order chi connectivity index (χ1) is 8.81. The number of halogens is 1. The van der Waals surface area contributed by atoms with E-state index in [0.29, 0.717) is 18.1 Å². The molecule has 0 aliphatic carbocycles. The second kappa shape index (κ2) is 6.56. The summed E-state index contributed by atoms with van der Waals surface area (Å²) in [5.41, 5.74) is -0.667. The van der Waals surface area contributed by atoms with Crippen LogP contribution in [0.3, 0.4) is 0 Å². The minimum atomic E-state index is -1.07. The summed E-state index contributed by atoms with van der Waals surface area (Å²) in [4.78, 5) is 18.4. The third-order valence-electron chi connectivity index (χ3n) is 2.42. The van der Waals surface area contributed by atoms with E-state index in [1.54, 1.807) is 6.92 Å². The van der Waals surface area contributed by atoms with E-state index in [9.17, 15) is 4.79 Å². The van der Waals surface area contributed by atoms with Gasteiger partial charge in [-0.25, -0.2) is 14.8 Å². The van der Waals surface area contributed by atoms with Crippen LogP contribution in [0.1, 0.15) is 27.2 Å². The minimum absolute atomic E-state index is 0.140. The Labute approximate surface area is 117 Å². The molecule has 1 atom stereocenters. The summed E-state index contributed by atoms with van der Waals surface area (Å²) in [6.45, 7) is 6.04. The lowest BCUT2D eigenvalue weighted by Crippen LogP contribution is -2.50. The first-order valence-corrected chi connectivity index (χ1v) is 6.30. The van der Waals surface area contributed by atoms with Gasteiger partial charge in [0, 0.05) is 0 Å². The topological polar surface area (TPSA) is 84.3 Å². The van der Waals surface area contributed by atoms with E-state index in [0.717, 1.165) is 0 Å². The zero-order valence-corrected chi connectivity index (χ0v) is 11.9. The van der Waals surface area contributed by atoms with Crippen LogP contribution in [-0.4, -0.2) is 33.3 Å². The highest BCUT2D eigenvalue weighted by Gasteiger charge is 2.28. The smallest absolute Gasteiger partial charge is 0.405 e. The summed E-state index contributed by atoms with van der Waals surface area (Å²) in [6.07, 6.45) is 2.49. The molecule has 0 fully saturated rings. The number of nitrogens with zero attached hydrogens (tertiary/aromatic N) is 2. The van der Waals surface area contributed by atoms with Crippen molar-refractivity contribution in [1.82, 2.24) is 15.3 Å². The molecule has 7 heteroatoms. The van der Waals surface area contributed by atoms with E-state index in [2.05, 4.69) is 15.3 Å². The van der Waals surface area contributed by atoms with Crippen LogP contribution in [0, 0.1) is 5.92 Å². The molecule has 1 rings (SSSR count). The van der Waals surface area contributed by atoms with E-state index < -0.39 is 11.6 Å². The lowest BCUT2D eigenvalue weighted by Gasteiger charge is -2.30. The lowest BCUT2D eigenvalue weighted by molar-refractivity contribution is 0.143. The second-order valence-electron chi connectivity index (χ2n) is 5.07. The molecular weight excluding hydrogens is 270 g/mol. The molecule has 1 aromatic heterocycles. The summed E-state index contributed by atoms with van der Waals surface area (Å²) >= 11 is 5.57. The van der Waals surface area contributed by atoms with Crippen molar-refractivity contribution in [3.63, 3.8) is 0 Å². The first kappa shape index (κ1) is 15.5. The zero-order chi connectivity index (χ0) is 14.5. The largest absolute Gasteiger partial charge is 0.488 e. The number of hydrogen-bond acceptors (Lipinski definition) is 4. The van der Waals surface area contributed by atoms with Crippen LogP contribution in [0.5, 0.6) is 5.75 Å². The number of amides is 1. The Balaban J connectivity index is 2.66. The first-order valence-electron chi connectivity index (χ1n) is 5.92. The molecule has 0 spiro atoms. The molecule has 106 valence electrons. The van der Waals surface area contributed by atoms with E-state index in [1.807, 2.05) is 13.8 Å². The maximum absolute atomic E-state index is 10.8. The van der Waals surface area contributed by atoms with Gasteiger partial charge < -0.3 is 15.2 Å². The second-order valence-corrected chi connectivity index (χ2v) is 5.40. The summed E-state index contributed by atoms with van der Waals surface area (Å²) in [7, 11) is 0. The fourth-order valence-electron chi connectivity index (χ4n) is 1.92. The Kier molecular flexibility index (Phi) is 5.35. The maximum Gasteiger partial charge on any atom is 0.405 e. The monoisotopic (exact) mass is 287 g/mol. The number of ether oxygens (including phenoxy) is 1. The summed E-state index contributed by atoms with van der Waals surface area (Å²) in [6, 6.07) is 0. The Morgan fingerprint density at radius 2 is 2.11 bits per heavy atom. The lowest BCUT2D eigenvalue weighted by atomic mass is 9.91. The Morgan fingerprint density at radius 1 is 1.53 bits per heavy atom. The van der Waals surface area contributed by atoms with Crippen molar-refractivity contribution in [1.29, 1.82) is 0 Å².